The number of hydrogen-bond acceptors (Lipinski definition) is 3. The Kier molecular flexibility index (Phi) is 5.48. The maximum absolute atomic E-state index is 13.5. The summed E-state index contributed by atoms with van der Waals surface area (Å²) in [5.41, 5.74) is 1.28. The molecule has 1 aliphatic carbocycles. The van der Waals surface area contributed by atoms with Crippen LogP contribution in [0.4, 0.5) is 14.9 Å². The zero-order valence-corrected chi connectivity index (χ0v) is 14.2. The molecular formula is C19H22FN3O2. The fourth-order valence-corrected chi connectivity index (χ4v) is 2.93. The first-order valence-electron chi connectivity index (χ1n) is 8.51. The lowest BCUT2D eigenvalue weighted by Gasteiger charge is -2.29. The number of para-hydroxylation sites is 1. The van der Waals surface area contributed by atoms with Gasteiger partial charge in [-0.15, -0.1) is 0 Å². The number of aromatic nitrogens is 1. The van der Waals surface area contributed by atoms with E-state index in [1.807, 2.05) is 19.1 Å². The number of amides is 2. The lowest BCUT2D eigenvalue weighted by Crippen LogP contribution is -2.41. The van der Waals surface area contributed by atoms with E-state index < -0.39 is 5.82 Å². The third-order valence-corrected chi connectivity index (χ3v) is 4.30. The van der Waals surface area contributed by atoms with E-state index >= 15 is 0 Å². The number of anilines is 1. The number of carbonyl (C=O) groups excluding carboxylic acids is 1. The Balaban J connectivity index is 1.43. The number of hydrogen-bond donors (Lipinski definition) is 2. The molecule has 6 heteroatoms. The highest BCUT2D eigenvalue weighted by Gasteiger charge is 2.24. The molecule has 0 atom stereocenters. The average molecular weight is 343 g/mol. The predicted molar refractivity (Wildman–Crippen MR) is 94.2 cm³/mol. The summed E-state index contributed by atoms with van der Waals surface area (Å²) < 4.78 is 19.4. The molecule has 2 N–H and O–H groups in total. The van der Waals surface area contributed by atoms with Gasteiger partial charge in [0.2, 0.25) is 5.88 Å². The molecule has 1 aromatic carbocycles. The first kappa shape index (κ1) is 17.2. The number of urea groups is 1. The van der Waals surface area contributed by atoms with Gasteiger partial charge < -0.3 is 15.4 Å². The SMILES string of the molecule is Cc1ccc(OC2CCC(NC(=O)Nc3ccccc3F)CC2)nc1. The standard InChI is InChI=1S/C19H22FN3O2/c1-13-6-11-18(21-12-13)25-15-9-7-14(8-10-15)22-19(24)23-17-5-3-2-4-16(17)20/h2-6,11-12,14-15H,7-10H2,1H3,(H2,22,23,24). The molecule has 1 aliphatic rings. The number of carbonyl (C=O) groups is 1. The number of rotatable bonds is 4. The highest BCUT2D eigenvalue weighted by Crippen LogP contribution is 2.23. The highest BCUT2D eigenvalue weighted by atomic mass is 19.1. The maximum Gasteiger partial charge on any atom is 0.319 e. The van der Waals surface area contributed by atoms with Crippen molar-refractivity contribution in [2.24, 2.45) is 0 Å². The Bertz CT molecular complexity index is 713. The number of nitrogens with one attached hydrogen (secondary N) is 2. The fraction of sp³-hybridized carbons (Fsp3) is 0.368. The summed E-state index contributed by atoms with van der Waals surface area (Å²) in [5, 5.41) is 5.45. The number of halogens is 1. The monoisotopic (exact) mass is 343 g/mol. The third kappa shape index (κ3) is 4.92. The molecule has 0 aliphatic heterocycles. The molecule has 0 unspecified atom stereocenters. The molecule has 1 heterocycles. The van der Waals surface area contributed by atoms with Crippen molar-refractivity contribution in [3.05, 3.63) is 54.0 Å². The average Bonchev–Trinajstić information content (AvgIpc) is 2.61. The van der Waals surface area contributed by atoms with Crippen LogP contribution in [-0.4, -0.2) is 23.2 Å². The van der Waals surface area contributed by atoms with E-state index in [0.717, 1.165) is 31.2 Å². The van der Waals surface area contributed by atoms with E-state index in [0.29, 0.717) is 5.88 Å². The molecule has 1 fully saturated rings. The van der Waals surface area contributed by atoms with Crippen LogP contribution >= 0.6 is 0 Å². The van der Waals surface area contributed by atoms with Crippen molar-refractivity contribution in [2.45, 2.75) is 44.8 Å². The van der Waals surface area contributed by atoms with Crippen LogP contribution in [-0.2, 0) is 0 Å². The van der Waals surface area contributed by atoms with Gasteiger partial charge in [0.1, 0.15) is 11.9 Å². The van der Waals surface area contributed by atoms with Crippen LogP contribution in [0.5, 0.6) is 5.88 Å². The Hall–Kier alpha value is -2.63. The molecule has 2 aromatic rings. The maximum atomic E-state index is 13.5. The largest absolute Gasteiger partial charge is 0.474 e. The first-order chi connectivity index (χ1) is 12.1. The van der Waals surface area contributed by atoms with E-state index in [9.17, 15) is 9.18 Å². The van der Waals surface area contributed by atoms with E-state index in [1.165, 1.54) is 12.1 Å². The highest BCUT2D eigenvalue weighted by molar-refractivity contribution is 5.89. The predicted octanol–water partition coefficient (Wildman–Crippen LogP) is 4.04. The molecular weight excluding hydrogens is 321 g/mol. The van der Waals surface area contributed by atoms with Crippen molar-refractivity contribution in [3.8, 4) is 5.88 Å². The summed E-state index contributed by atoms with van der Waals surface area (Å²) in [6, 6.07) is 9.66. The van der Waals surface area contributed by atoms with Crippen molar-refractivity contribution in [2.75, 3.05) is 5.32 Å². The summed E-state index contributed by atoms with van der Waals surface area (Å²) in [6.45, 7) is 1.99. The van der Waals surface area contributed by atoms with Crippen molar-refractivity contribution in [3.63, 3.8) is 0 Å². The minimum atomic E-state index is -0.444. The Morgan fingerprint density at radius 3 is 2.60 bits per heavy atom. The van der Waals surface area contributed by atoms with Gasteiger partial charge in [0, 0.05) is 18.3 Å². The molecule has 132 valence electrons. The van der Waals surface area contributed by atoms with Gasteiger partial charge in [-0.3, -0.25) is 0 Å². The van der Waals surface area contributed by atoms with Gasteiger partial charge in [0.15, 0.2) is 0 Å². The molecule has 3 rings (SSSR count). The van der Waals surface area contributed by atoms with E-state index in [1.54, 1.807) is 18.3 Å². The van der Waals surface area contributed by atoms with Crippen LogP contribution in [0, 0.1) is 12.7 Å². The van der Waals surface area contributed by atoms with Gasteiger partial charge in [0.25, 0.3) is 0 Å². The lowest BCUT2D eigenvalue weighted by atomic mass is 9.93. The van der Waals surface area contributed by atoms with Crippen LogP contribution in [0.1, 0.15) is 31.2 Å². The zero-order chi connectivity index (χ0) is 17.6. The number of aryl methyl sites for hydroxylation is 1. The number of ether oxygens (including phenoxy) is 1. The minimum Gasteiger partial charge on any atom is -0.474 e. The lowest BCUT2D eigenvalue weighted by molar-refractivity contribution is 0.135. The second-order valence-electron chi connectivity index (χ2n) is 6.34. The summed E-state index contributed by atoms with van der Waals surface area (Å²) in [6.07, 6.45) is 5.24. The fourth-order valence-electron chi connectivity index (χ4n) is 2.93. The number of nitrogens with zero attached hydrogens (tertiary/aromatic N) is 1. The van der Waals surface area contributed by atoms with Crippen LogP contribution < -0.4 is 15.4 Å². The van der Waals surface area contributed by atoms with Crippen molar-refractivity contribution in [1.29, 1.82) is 0 Å². The molecule has 0 spiro atoms. The number of pyridine rings is 1. The number of benzene rings is 1. The van der Waals surface area contributed by atoms with Gasteiger partial charge in [0.05, 0.1) is 5.69 Å². The molecule has 1 aromatic heterocycles. The zero-order valence-electron chi connectivity index (χ0n) is 14.2. The summed E-state index contributed by atoms with van der Waals surface area (Å²) >= 11 is 0. The Morgan fingerprint density at radius 1 is 1.16 bits per heavy atom. The van der Waals surface area contributed by atoms with E-state index in [2.05, 4.69) is 15.6 Å². The van der Waals surface area contributed by atoms with Crippen molar-refractivity contribution >= 4 is 11.7 Å². The van der Waals surface area contributed by atoms with E-state index in [-0.39, 0.29) is 23.9 Å². The van der Waals surface area contributed by atoms with Gasteiger partial charge in [-0.25, -0.2) is 14.2 Å². The Labute approximate surface area is 146 Å². The van der Waals surface area contributed by atoms with Gasteiger partial charge in [-0.05, 0) is 50.3 Å². The molecule has 0 radical (unpaired) electrons. The minimum absolute atomic E-state index is 0.0672. The third-order valence-electron chi connectivity index (χ3n) is 4.30. The van der Waals surface area contributed by atoms with Crippen LogP contribution in [0.3, 0.4) is 0 Å². The van der Waals surface area contributed by atoms with Crippen LogP contribution in [0.2, 0.25) is 0 Å². The summed E-state index contributed by atoms with van der Waals surface area (Å²) in [5.74, 6) is 0.194. The second kappa shape index (κ2) is 7.96. The topological polar surface area (TPSA) is 63.2 Å². The van der Waals surface area contributed by atoms with Crippen molar-refractivity contribution in [1.82, 2.24) is 10.3 Å². The second-order valence-corrected chi connectivity index (χ2v) is 6.34. The molecule has 25 heavy (non-hydrogen) atoms. The molecule has 0 bridgehead atoms. The normalized spacial score (nSPS) is 19.9. The summed E-state index contributed by atoms with van der Waals surface area (Å²) in [7, 11) is 0. The Morgan fingerprint density at radius 2 is 1.92 bits per heavy atom. The molecule has 1 saturated carbocycles. The van der Waals surface area contributed by atoms with E-state index in [4.69, 9.17) is 4.74 Å². The van der Waals surface area contributed by atoms with Crippen LogP contribution in [0.15, 0.2) is 42.6 Å². The molecule has 2 amide bonds. The quantitative estimate of drug-likeness (QED) is 0.880. The van der Waals surface area contributed by atoms with Gasteiger partial charge >= 0.3 is 6.03 Å². The molecule has 5 nitrogen and oxygen atoms in total. The summed E-state index contributed by atoms with van der Waals surface area (Å²) in [4.78, 5) is 16.3. The van der Waals surface area contributed by atoms with Crippen molar-refractivity contribution < 1.29 is 13.9 Å². The van der Waals surface area contributed by atoms with Crippen LogP contribution in [0.25, 0.3) is 0 Å². The first-order valence-corrected chi connectivity index (χ1v) is 8.51. The molecule has 0 saturated heterocycles. The smallest absolute Gasteiger partial charge is 0.319 e. The van der Waals surface area contributed by atoms with Gasteiger partial charge in [-0.1, -0.05) is 18.2 Å². The van der Waals surface area contributed by atoms with Gasteiger partial charge in [-0.2, -0.15) is 0 Å².